The highest BCUT2D eigenvalue weighted by atomic mass is 16.5. The van der Waals surface area contributed by atoms with Gasteiger partial charge in [-0.25, -0.2) is 0 Å². The molecule has 16 heavy (non-hydrogen) atoms. The molecule has 1 saturated heterocycles. The molecule has 2 atom stereocenters. The molecule has 0 aromatic rings. The zero-order valence-corrected chi connectivity index (χ0v) is 10.3. The van der Waals surface area contributed by atoms with Crippen molar-refractivity contribution in [3.63, 3.8) is 0 Å². The van der Waals surface area contributed by atoms with E-state index in [1.807, 2.05) is 19.0 Å². The second-order valence-corrected chi connectivity index (χ2v) is 4.52. The average Bonchev–Trinajstić information content (AvgIpc) is 2.69. The molecule has 0 bridgehead atoms. The summed E-state index contributed by atoms with van der Waals surface area (Å²) in [6, 6.07) is 0.261. The van der Waals surface area contributed by atoms with E-state index < -0.39 is 0 Å². The number of carbonyl (C=O) groups is 1. The van der Waals surface area contributed by atoms with Gasteiger partial charge in [-0.05, 0) is 14.1 Å². The lowest BCUT2D eigenvalue weighted by Gasteiger charge is -2.23. The summed E-state index contributed by atoms with van der Waals surface area (Å²) < 4.78 is 4.89. The highest BCUT2D eigenvalue weighted by Crippen LogP contribution is 2.20. The Balaban J connectivity index is 2.50. The molecule has 1 rings (SSSR count). The van der Waals surface area contributed by atoms with E-state index in [1.165, 1.54) is 0 Å². The number of amides is 1. The normalized spacial score (nSPS) is 25.4. The Morgan fingerprint density at radius 1 is 1.50 bits per heavy atom. The van der Waals surface area contributed by atoms with E-state index in [-0.39, 0.29) is 24.5 Å². The molecule has 0 unspecified atom stereocenters. The lowest BCUT2D eigenvalue weighted by Crippen LogP contribution is -2.37. The minimum atomic E-state index is 0.115. The number of aliphatic hydroxyl groups is 1. The van der Waals surface area contributed by atoms with Gasteiger partial charge in [0, 0.05) is 38.8 Å². The fraction of sp³-hybridized carbons (Fsp3) is 0.909. The first-order chi connectivity index (χ1) is 7.60. The van der Waals surface area contributed by atoms with Gasteiger partial charge in [0.25, 0.3) is 0 Å². The average molecular weight is 230 g/mol. The molecule has 1 aliphatic rings. The third-order valence-electron chi connectivity index (χ3n) is 3.18. The molecule has 1 heterocycles. The number of likely N-dealkylation sites (tertiary alicyclic amines) is 1. The van der Waals surface area contributed by atoms with Gasteiger partial charge < -0.3 is 19.6 Å². The molecule has 0 aliphatic carbocycles. The maximum atomic E-state index is 11.8. The first-order valence-corrected chi connectivity index (χ1v) is 5.64. The minimum absolute atomic E-state index is 0.115. The third kappa shape index (κ3) is 3.17. The number of hydrogen-bond donors (Lipinski definition) is 1. The van der Waals surface area contributed by atoms with E-state index in [9.17, 15) is 9.90 Å². The topological polar surface area (TPSA) is 53.0 Å². The zero-order valence-electron chi connectivity index (χ0n) is 10.3. The summed E-state index contributed by atoms with van der Waals surface area (Å²) in [5.41, 5.74) is 0. The highest BCUT2D eigenvalue weighted by Gasteiger charge is 2.35. The van der Waals surface area contributed by atoms with Crippen LogP contribution in [0.15, 0.2) is 0 Å². The Morgan fingerprint density at radius 3 is 2.62 bits per heavy atom. The van der Waals surface area contributed by atoms with Crippen molar-refractivity contribution >= 4 is 5.91 Å². The second-order valence-electron chi connectivity index (χ2n) is 4.52. The first-order valence-electron chi connectivity index (χ1n) is 5.64. The van der Waals surface area contributed by atoms with Crippen LogP contribution in [0.5, 0.6) is 0 Å². The number of aliphatic hydroxyl groups excluding tert-OH is 1. The highest BCUT2D eigenvalue weighted by molar-refractivity contribution is 5.76. The van der Waals surface area contributed by atoms with Gasteiger partial charge in [0.05, 0.1) is 13.0 Å². The van der Waals surface area contributed by atoms with Crippen molar-refractivity contribution in [3.8, 4) is 0 Å². The van der Waals surface area contributed by atoms with Crippen LogP contribution in [-0.2, 0) is 9.53 Å². The van der Waals surface area contributed by atoms with Crippen LogP contribution in [0, 0.1) is 5.92 Å². The van der Waals surface area contributed by atoms with E-state index in [1.54, 1.807) is 7.11 Å². The minimum Gasteiger partial charge on any atom is -0.396 e. The van der Waals surface area contributed by atoms with Crippen LogP contribution >= 0.6 is 0 Å². The summed E-state index contributed by atoms with van der Waals surface area (Å²) in [5.74, 6) is 0.283. The van der Waals surface area contributed by atoms with Gasteiger partial charge in [0.2, 0.25) is 5.91 Å². The molecule has 5 nitrogen and oxygen atoms in total. The Morgan fingerprint density at radius 2 is 2.19 bits per heavy atom. The molecule has 1 aliphatic heterocycles. The van der Waals surface area contributed by atoms with Crippen molar-refractivity contribution in [2.75, 3.05) is 47.5 Å². The van der Waals surface area contributed by atoms with E-state index >= 15 is 0 Å². The predicted molar refractivity (Wildman–Crippen MR) is 61.1 cm³/mol. The van der Waals surface area contributed by atoms with Gasteiger partial charge in [-0.2, -0.15) is 0 Å². The molecule has 1 N–H and O–H groups in total. The number of rotatable bonds is 5. The second kappa shape index (κ2) is 6.18. The SMILES string of the molecule is COCCC(=O)N1C[C@@H](CO)[C@H](N(C)C)C1. The molecule has 0 radical (unpaired) electrons. The largest absolute Gasteiger partial charge is 0.396 e. The van der Waals surface area contributed by atoms with Gasteiger partial charge in [-0.3, -0.25) is 4.79 Å². The summed E-state index contributed by atoms with van der Waals surface area (Å²) in [5, 5.41) is 9.27. The quantitative estimate of drug-likeness (QED) is 0.685. The van der Waals surface area contributed by atoms with Crippen LogP contribution in [-0.4, -0.2) is 74.4 Å². The van der Waals surface area contributed by atoms with Gasteiger partial charge >= 0.3 is 0 Å². The van der Waals surface area contributed by atoms with Gasteiger partial charge in [0.1, 0.15) is 0 Å². The number of ether oxygens (including phenoxy) is 1. The molecule has 0 spiro atoms. The lowest BCUT2D eigenvalue weighted by atomic mass is 10.0. The lowest BCUT2D eigenvalue weighted by molar-refractivity contribution is -0.131. The van der Waals surface area contributed by atoms with Crippen molar-refractivity contribution in [1.82, 2.24) is 9.80 Å². The Bertz CT molecular complexity index is 233. The fourth-order valence-electron chi connectivity index (χ4n) is 2.17. The zero-order chi connectivity index (χ0) is 12.1. The van der Waals surface area contributed by atoms with Crippen molar-refractivity contribution in [2.24, 2.45) is 5.92 Å². The molecule has 5 heteroatoms. The standard InChI is InChI=1S/C11H22N2O3/c1-12(2)10-7-13(6-9(10)8-14)11(15)4-5-16-3/h9-10,14H,4-8H2,1-3H3/t9-,10+/m0/s1. The number of nitrogens with zero attached hydrogens (tertiary/aromatic N) is 2. The van der Waals surface area contributed by atoms with E-state index in [4.69, 9.17) is 4.74 Å². The van der Waals surface area contributed by atoms with E-state index in [0.29, 0.717) is 26.1 Å². The number of carbonyl (C=O) groups excluding carboxylic acids is 1. The number of likely N-dealkylation sites (N-methyl/N-ethyl adjacent to an activating group) is 1. The van der Waals surface area contributed by atoms with Crippen LogP contribution in [0.25, 0.3) is 0 Å². The maximum absolute atomic E-state index is 11.8. The smallest absolute Gasteiger partial charge is 0.224 e. The summed E-state index contributed by atoms with van der Waals surface area (Å²) in [4.78, 5) is 15.7. The molecule has 0 aromatic carbocycles. The van der Waals surface area contributed by atoms with Gasteiger partial charge in [-0.15, -0.1) is 0 Å². The molecule has 0 aromatic heterocycles. The molecular formula is C11H22N2O3. The maximum Gasteiger partial charge on any atom is 0.224 e. The predicted octanol–water partition coefficient (Wildman–Crippen LogP) is -0.596. The first kappa shape index (κ1) is 13.4. The molecular weight excluding hydrogens is 208 g/mol. The molecule has 0 saturated carbocycles. The number of hydrogen-bond acceptors (Lipinski definition) is 4. The van der Waals surface area contributed by atoms with Crippen LogP contribution < -0.4 is 0 Å². The van der Waals surface area contributed by atoms with Crippen LogP contribution in [0.2, 0.25) is 0 Å². The van der Waals surface area contributed by atoms with Crippen molar-refractivity contribution in [3.05, 3.63) is 0 Å². The van der Waals surface area contributed by atoms with Crippen LogP contribution in [0.3, 0.4) is 0 Å². The van der Waals surface area contributed by atoms with Gasteiger partial charge in [-0.1, -0.05) is 0 Å². The number of methoxy groups -OCH3 is 1. The third-order valence-corrected chi connectivity index (χ3v) is 3.18. The molecule has 1 amide bonds. The fourth-order valence-corrected chi connectivity index (χ4v) is 2.17. The van der Waals surface area contributed by atoms with E-state index in [0.717, 1.165) is 0 Å². The Hall–Kier alpha value is -0.650. The summed E-state index contributed by atoms with van der Waals surface area (Å²) >= 11 is 0. The monoisotopic (exact) mass is 230 g/mol. The van der Waals surface area contributed by atoms with Gasteiger partial charge in [0.15, 0.2) is 0 Å². The Labute approximate surface area is 97.0 Å². The summed E-state index contributed by atoms with van der Waals surface area (Å²) in [6.07, 6.45) is 0.425. The van der Waals surface area contributed by atoms with Crippen molar-refractivity contribution < 1.29 is 14.6 Å². The molecule has 94 valence electrons. The summed E-state index contributed by atoms with van der Waals surface area (Å²) in [6.45, 7) is 1.96. The van der Waals surface area contributed by atoms with Crippen LogP contribution in [0.1, 0.15) is 6.42 Å². The summed E-state index contributed by atoms with van der Waals surface area (Å²) in [7, 11) is 5.56. The van der Waals surface area contributed by atoms with Crippen molar-refractivity contribution in [1.29, 1.82) is 0 Å². The van der Waals surface area contributed by atoms with Crippen molar-refractivity contribution in [2.45, 2.75) is 12.5 Å². The Kier molecular flexibility index (Phi) is 5.18. The van der Waals surface area contributed by atoms with E-state index in [2.05, 4.69) is 4.90 Å². The molecule has 1 fully saturated rings. The van der Waals surface area contributed by atoms with Crippen LogP contribution in [0.4, 0.5) is 0 Å².